The molecule has 6 rings (SSSR count). The number of aromatic amines is 1. The zero-order valence-corrected chi connectivity index (χ0v) is 27.3. The number of esters is 1. The van der Waals surface area contributed by atoms with Crippen molar-refractivity contribution in [3.63, 3.8) is 0 Å². The molecule has 4 aromatic carbocycles. The summed E-state index contributed by atoms with van der Waals surface area (Å²) < 4.78 is 7.59. The SMILES string of the molecule is CCCc1nc(CC)c(C(=O)OCC#CC(=O)N(c2ccccc2)c2ccccc2)n1Cc1ccc(-c2ccccc2)c(-c2nn[nH]n2)c1. The Bertz CT molecular complexity index is 2040. The first-order valence-electron chi connectivity index (χ1n) is 16.2. The first kappa shape index (κ1) is 32.6. The van der Waals surface area contributed by atoms with E-state index in [9.17, 15) is 9.59 Å². The third kappa shape index (κ3) is 7.47. The average Bonchev–Trinajstić information content (AvgIpc) is 3.80. The molecule has 10 heteroatoms. The minimum Gasteiger partial charge on any atom is -0.448 e. The number of tetrazole rings is 1. The van der Waals surface area contributed by atoms with E-state index in [1.165, 1.54) is 4.90 Å². The molecule has 1 amide bonds. The van der Waals surface area contributed by atoms with Gasteiger partial charge < -0.3 is 9.30 Å². The summed E-state index contributed by atoms with van der Waals surface area (Å²) in [5.74, 6) is 5.69. The molecule has 0 spiro atoms. The number of imidazole rings is 1. The average molecular weight is 650 g/mol. The number of anilines is 2. The topological polar surface area (TPSA) is 119 Å². The number of hydrogen-bond donors (Lipinski definition) is 1. The zero-order valence-electron chi connectivity index (χ0n) is 27.3. The summed E-state index contributed by atoms with van der Waals surface area (Å²) in [6.07, 6.45) is 2.08. The Balaban J connectivity index is 1.26. The molecule has 1 N–H and O–H groups in total. The molecule has 0 aliphatic carbocycles. The minimum absolute atomic E-state index is 0.257. The van der Waals surface area contributed by atoms with Crippen LogP contribution in [-0.4, -0.2) is 48.7 Å². The standard InChI is InChI=1S/C39H35N7O3/c1-3-15-35-40-34(4-2)37(39(48)49-25-14-22-36(47)46(30-18-10-6-11-19-30)31-20-12-7-13-21-31)45(35)27-28-23-24-32(29-16-8-5-9-17-29)33(26-28)38-41-43-44-42-38/h5-13,16-21,23-24,26H,3-4,15,25,27H2,1-2H3,(H,41,42,43,44). The highest BCUT2D eigenvalue weighted by Gasteiger charge is 2.24. The minimum atomic E-state index is -0.546. The summed E-state index contributed by atoms with van der Waals surface area (Å²) in [5, 5.41) is 14.8. The van der Waals surface area contributed by atoms with Crippen molar-refractivity contribution in [2.75, 3.05) is 11.5 Å². The highest BCUT2D eigenvalue weighted by Crippen LogP contribution is 2.32. The van der Waals surface area contributed by atoms with Gasteiger partial charge in [-0.15, -0.1) is 10.2 Å². The molecule has 0 bridgehead atoms. The van der Waals surface area contributed by atoms with Crippen LogP contribution in [0.4, 0.5) is 11.4 Å². The maximum absolute atomic E-state index is 13.7. The van der Waals surface area contributed by atoms with Crippen LogP contribution in [0.25, 0.3) is 22.5 Å². The summed E-state index contributed by atoms with van der Waals surface area (Å²) in [5.41, 5.74) is 6.13. The van der Waals surface area contributed by atoms with Gasteiger partial charge >= 0.3 is 11.9 Å². The van der Waals surface area contributed by atoms with Crippen LogP contribution < -0.4 is 4.90 Å². The Morgan fingerprint density at radius 2 is 1.53 bits per heavy atom. The third-order valence-electron chi connectivity index (χ3n) is 7.92. The predicted octanol–water partition coefficient (Wildman–Crippen LogP) is 6.82. The Morgan fingerprint density at radius 1 is 0.857 bits per heavy atom. The zero-order chi connectivity index (χ0) is 34.0. The second-order valence-corrected chi connectivity index (χ2v) is 11.2. The van der Waals surface area contributed by atoms with E-state index in [-0.39, 0.29) is 6.61 Å². The fraction of sp³-hybridized carbons (Fsp3) is 0.179. The molecule has 0 atom stereocenters. The third-order valence-corrected chi connectivity index (χ3v) is 7.92. The van der Waals surface area contributed by atoms with Gasteiger partial charge in [0.2, 0.25) is 5.82 Å². The van der Waals surface area contributed by atoms with E-state index in [2.05, 4.69) is 39.4 Å². The fourth-order valence-corrected chi connectivity index (χ4v) is 5.69. The van der Waals surface area contributed by atoms with Crippen LogP contribution in [0.3, 0.4) is 0 Å². The van der Waals surface area contributed by atoms with Crippen molar-refractivity contribution in [1.29, 1.82) is 0 Å². The molecule has 6 aromatic rings. The van der Waals surface area contributed by atoms with Gasteiger partial charge in [0.25, 0.3) is 0 Å². The first-order chi connectivity index (χ1) is 24.1. The van der Waals surface area contributed by atoms with Gasteiger partial charge in [0, 0.05) is 29.9 Å². The van der Waals surface area contributed by atoms with Crippen LogP contribution in [0.15, 0.2) is 109 Å². The number of amides is 1. The van der Waals surface area contributed by atoms with E-state index in [0.717, 1.165) is 34.5 Å². The summed E-state index contributed by atoms with van der Waals surface area (Å²) in [6, 6.07) is 34.7. The number of H-pyrrole nitrogens is 1. The van der Waals surface area contributed by atoms with E-state index < -0.39 is 11.9 Å². The van der Waals surface area contributed by atoms with E-state index in [0.29, 0.717) is 48.0 Å². The Labute approximate surface area is 284 Å². The fourth-order valence-electron chi connectivity index (χ4n) is 5.69. The number of ether oxygens (including phenoxy) is 1. The van der Waals surface area contributed by atoms with Gasteiger partial charge in [-0.3, -0.25) is 9.69 Å². The monoisotopic (exact) mass is 649 g/mol. The normalized spacial score (nSPS) is 10.7. The quantitative estimate of drug-likeness (QED) is 0.121. The number of carbonyl (C=O) groups excluding carboxylic acids is 2. The van der Waals surface area contributed by atoms with E-state index in [4.69, 9.17) is 9.72 Å². The molecule has 244 valence electrons. The molecular formula is C39H35N7O3. The lowest BCUT2D eigenvalue weighted by Crippen LogP contribution is -2.24. The summed E-state index contributed by atoms with van der Waals surface area (Å²) in [7, 11) is 0. The van der Waals surface area contributed by atoms with Crippen LogP contribution in [0.2, 0.25) is 0 Å². The van der Waals surface area contributed by atoms with Crippen molar-refractivity contribution >= 4 is 23.3 Å². The van der Waals surface area contributed by atoms with Crippen LogP contribution in [0.5, 0.6) is 0 Å². The molecule has 0 saturated carbocycles. The van der Waals surface area contributed by atoms with Crippen LogP contribution in [0, 0.1) is 11.8 Å². The lowest BCUT2D eigenvalue weighted by Gasteiger charge is -2.20. The number of rotatable bonds is 11. The smallest absolute Gasteiger partial charge is 0.357 e. The molecule has 0 unspecified atom stereocenters. The van der Waals surface area contributed by atoms with Crippen molar-refractivity contribution in [2.24, 2.45) is 0 Å². The molecular weight excluding hydrogens is 614 g/mol. The van der Waals surface area contributed by atoms with Crippen LogP contribution >= 0.6 is 0 Å². The Kier molecular flexibility index (Phi) is 10.3. The lowest BCUT2D eigenvalue weighted by atomic mass is 9.97. The van der Waals surface area contributed by atoms with E-state index >= 15 is 0 Å². The first-order valence-corrected chi connectivity index (χ1v) is 16.2. The summed E-state index contributed by atoms with van der Waals surface area (Å²) >= 11 is 0. The number of aromatic nitrogens is 6. The second kappa shape index (κ2) is 15.5. The van der Waals surface area contributed by atoms with Gasteiger partial charge in [-0.05, 0) is 71.0 Å². The highest BCUT2D eigenvalue weighted by molar-refractivity contribution is 6.10. The van der Waals surface area contributed by atoms with Gasteiger partial charge in [0.05, 0.1) is 5.69 Å². The largest absolute Gasteiger partial charge is 0.448 e. The van der Waals surface area contributed by atoms with Gasteiger partial charge in [0.15, 0.2) is 12.3 Å². The van der Waals surface area contributed by atoms with Crippen molar-refractivity contribution in [1.82, 2.24) is 30.2 Å². The number of hydrogen-bond acceptors (Lipinski definition) is 7. The Hall–Kier alpha value is -6.34. The number of nitrogens with one attached hydrogen (secondary N) is 1. The predicted molar refractivity (Wildman–Crippen MR) is 188 cm³/mol. The Morgan fingerprint density at radius 3 is 2.14 bits per heavy atom. The van der Waals surface area contributed by atoms with Crippen molar-refractivity contribution in [2.45, 2.75) is 39.7 Å². The molecule has 0 fully saturated rings. The number of nitrogens with zero attached hydrogens (tertiary/aromatic N) is 6. The molecule has 10 nitrogen and oxygen atoms in total. The van der Waals surface area contributed by atoms with Gasteiger partial charge in [-0.25, -0.2) is 9.78 Å². The number of benzene rings is 4. The molecule has 49 heavy (non-hydrogen) atoms. The maximum Gasteiger partial charge on any atom is 0.357 e. The molecule has 0 aliphatic rings. The lowest BCUT2D eigenvalue weighted by molar-refractivity contribution is -0.112. The van der Waals surface area contributed by atoms with Crippen molar-refractivity contribution < 1.29 is 14.3 Å². The summed E-state index contributed by atoms with van der Waals surface area (Å²) in [6.45, 7) is 4.15. The number of aryl methyl sites for hydroxylation is 2. The van der Waals surface area contributed by atoms with E-state index in [1.54, 1.807) is 0 Å². The maximum atomic E-state index is 13.7. The van der Waals surface area contributed by atoms with Gasteiger partial charge in [-0.2, -0.15) is 5.21 Å². The van der Waals surface area contributed by atoms with Gasteiger partial charge in [-0.1, -0.05) is 98.6 Å². The molecule has 2 heterocycles. The van der Waals surface area contributed by atoms with Gasteiger partial charge in [0.1, 0.15) is 5.82 Å². The number of para-hydroxylation sites is 2. The number of carbonyl (C=O) groups is 2. The van der Waals surface area contributed by atoms with Crippen molar-refractivity contribution in [3.05, 3.63) is 132 Å². The second-order valence-electron chi connectivity index (χ2n) is 11.2. The molecule has 0 saturated heterocycles. The summed E-state index contributed by atoms with van der Waals surface area (Å²) in [4.78, 5) is 33.4. The highest BCUT2D eigenvalue weighted by atomic mass is 16.5. The van der Waals surface area contributed by atoms with Crippen molar-refractivity contribution in [3.8, 4) is 34.4 Å². The van der Waals surface area contributed by atoms with Crippen LogP contribution in [-0.2, 0) is 28.9 Å². The molecule has 0 aliphatic heterocycles. The van der Waals surface area contributed by atoms with Crippen LogP contribution in [0.1, 0.15) is 47.8 Å². The molecule has 2 aromatic heterocycles. The van der Waals surface area contributed by atoms with E-state index in [1.807, 2.05) is 121 Å². The molecule has 0 radical (unpaired) electrons.